The van der Waals surface area contributed by atoms with Crippen LogP contribution >= 0.6 is 0 Å². The predicted molar refractivity (Wildman–Crippen MR) is 60.1 cm³/mol. The Bertz CT molecular complexity index is 502. The van der Waals surface area contributed by atoms with Crippen LogP contribution in [0.2, 0.25) is 0 Å². The first-order valence-corrected chi connectivity index (χ1v) is 5.46. The Morgan fingerprint density at radius 3 is 3.00 bits per heavy atom. The minimum Gasteiger partial charge on any atom is -0.384 e. The molecule has 2 N–H and O–H groups in total. The number of nitrogens with two attached hydrogens (primary N) is 1. The monoisotopic (exact) mass is 232 g/mol. The van der Waals surface area contributed by atoms with Crippen molar-refractivity contribution in [2.24, 2.45) is 0 Å². The van der Waals surface area contributed by atoms with Crippen molar-refractivity contribution in [1.82, 2.24) is 15.1 Å². The first-order chi connectivity index (χ1) is 8.33. The lowest BCUT2D eigenvalue weighted by Gasteiger charge is -1.97. The van der Waals surface area contributed by atoms with Crippen molar-refractivity contribution < 1.29 is 9.26 Å². The highest BCUT2D eigenvalue weighted by atomic mass is 16.5. The summed E-state index contributed by atoms with van der Waals surface area (Å²) >= 11 is 0. The number of pyridine rings is 1. The van der Waals surface area contributed by atoms with Crippen LogP contribution in [0.4, 0.5) is 5.82 Å². The van der Waals surface area contributed by atoms with Crippen molar-refractivity contribution in [3.8, 4) is 11.5 Å². The second-order valence-corrected chi connectivity index (χ2v) is 3.99. The van der Waals surface area contributed by atoms with Crippen molar-refractivity contribution in [3.63, 3.8) is 0 Å². The molecule has 88 valence electrons. The highest BCUT2D eigenvalue weighted by molar-refractivity contribution is 5.53. The number of hydrogen-bond acceptors (Lipinski definition) is 6. The maximum Gasteiger partial charge on any atom is 0.259 e. The molecule has 0 bridgehead atoms. The molecule has 2 aromatic rings. The summed E-state index contributed by atoms with van der Waals surface area (Å²) < 4.78 is 10.5. The first kappa shape index (κ1) is 10.2. The molecular formula is C11H12N4O2. The molecule has 1 unspecified atom stereocenters. The van der Waals surface area contributed by atoms with Crippen LogP contribution in [-0.4, -0.2) is 28.3 Å². The summed E-state index contributed by atoms with van der Waals surface area (Å²) in [6.07, 6.45) is 2.57. The highest BCUT2D eigenvalue weighted by Crippen LogP contribution is 2.25. The van der Waals surface area contributed by atoms with Crippen molar-refractivity contribution >= 4 is 5.82 Å². The molecule has 0 aromatic carbocycles. The fourth-order valence-corrected chi connectivity index (χ4v) is 1.79. The number of nitrogen functional groups attached to an aromatic ring is 1. The zero-order valence-corrected chi connectivity index (χ0v) is 9.17. The third kappa shape index (κ3) is 1.99. The topological polar surface area (TPSA) is 87.1 Å². The van der Waals surface area contributed by atoms with Crippen LogP contribution in [0.25, 0.3) is 11.5 Å². The first-order valence-electron chi connectivity index (χ1n) is 5.46. The summed E-state index contributed by atoms with van der Waals surface area (Å²) in [5.74, 6) is 1.89. The standard InChI is InChI=1S/C11H12N4O2/c12-9-2-1-7(5-13-9)11-14-10(15-17-11)8-3-4-16-6-8/h1-2,5,8H,3-4,6H2,(H2,12,13). The van der Waals surface area contributed by atoms with E-state index < -0.39 is 0 Å². The van der Waals surface area contributed by atoms with Gasteiger partial charge in [0.2, 0.25) is 0 Å². The molecule has 6 nitrogen and oxygen atoms in total. The van der Waals surface area contributed by atoms with Crippen LogP contribution in [0.5, 0.6) is 0 Å². The van der Waals surface area contributed by atoms with Crippen LogP contribution in [-0.2, 0) is 4.74 Å². The van der Waals surface area contributed by atoms with E-state index in [-0.39, 0.29) is 5.92 Å². The van der Waals surface area contributed by atoms with Gasteiger partial charge in [-0.05, 0) is 18.6 Å². The molecular weight excluding hydrogens is 220 g/mol. The molecule has 0 radical (unpaired) electrons. The zero-order chi connectivity index (χ0) is 11.7. The minimum atomic E-state index is 0.245. The fraction of sp³-hybridized carbons (Fsp3) is 0.364. The van der Waals surface area contributed by atoms with E-state index >= 15 is 0 Å². The van der Waals surface area contributed by atoms with Crippen molar-refractivity contribution in [1.29, 1.82) is 0 Å². The Balaban J connectivity index is 1.86. The minimum absolute atomic E-state index is 0.245. The Labute approximate surface area is 97.8 Å². The molecule has 0 spiro atoms. The molecule has 1 saturated heterocycles. The summed E-state index contributed by atoms with van der Waals surface area (Å²) in [6.45, 7) is 1.43. The molecule has 0 aliphatic carbocycles. The van der Waals surface area contributed by atoms with E-state index in [0.717, 1.165) is 18.6 Å². The average molecular weight is 232 g/mol. The van der Waals surface area contributed by atoms with E-state index in [4.69, 9.17) is 15.0 Å². The number of anilines is 1. The quantitative estimate of drug-likeness (QED) is 0.837. The van der Waals surface area contributed by atoms with E-state index in [1.54, 1.807) is 12.3 Å². The maximum atomic E-state index is 5.52. The van der Waals surface area contributed by atoms with Crippen molar-refractivity contribution in [3.05, 3.63) is 24.2 Å². The zero-order valence-electron chi connectivity index (χ0n) is 9.17. The lowest BCUT2D eigenvalue weighted by atomic mass is 10.1. The molecule has 2 aromatic heterocycles. The van der Waals surface area contributed by atoms with E-state index in [1.165, 1.54) is 0 Å². The predicted octanol–water partition coefficient (Wildman–Crippen LogP) is 1.22. The van der Waals surface area contributed by atoms with Gasteiger partial charge in [0.15, 0.2) is 5.82 Å². The third-order valence-electron chi connectivity index (χ3n) is 2.77. The molecule has 0 saturated carbocycles. The van der Waals surface area contributed by atoms with Crippen LogP contribution in [0.3, 0.4) is 0 Å². The Morgan fingerprint density at radius 2 is 2.29 bits per heavy atom. The molecule has 1 atom stereocenters. The molecule has 1 aliphatic rings. The fourth-order valence-electron chi connectivity index (χ4n) is 1.79. The Hall–Kier alpha value is -1.95. The molecule has 1 fully saturated rings. The Kier molecular flexibility index (Phi) is 2.49. The third-order valence-corrected chi connectivity index (χ3v) is 2.77. The molecule has 6 heteroatoms. The molecule has 1 aliphatic heterocycles. The van der Waals surface area contributed by atoms with Gasteiger partial charge >= 0.3 is 0 Å². The summed E-state index contributed by atoms with van der Waals surface area (Å²) in [5.41, 5.74) is 6.29. The summed E-state index contributed by atoms with van der Waals surface area (Å²) in [7, 11) is 0. The molecule has 17 heavy (non-hydrogen) atoms. The van der Waals surface area contributed by atoms with Crippen LogP contribution in [0.15, 0.2) is 22.9 Å². The summed E-state index contributed by atoms with van der Waals surface area (Å²) in [6, 6.07) is 3.52. The number of nitrogens with zero attached hydrogens (tertiary/aromatic N) is 3. The average Bonchev–Trinajstić information content (AvgIpc) is 3.00. The van der Waals surface area contributed by atoms with Crippen LogP contribution < -0.4 is 5.73 Å². The van der Waals surface area contributed by atoms with Gasteiger partial charge in [-0.15, -0.1) is 0 Å². The van der Waals surface area contributed by atoms with E-state index in [1.807, 2.05) is 6.07 Å². The molecule has 3 heterocycles. The number of rotatable bonds is 2. The van der Waals surface area contributed by atoms with Gasteiger partial charge in [0, 0.05) is 18.7 Å². The van der Waals surface area contributed by atoms with Crippen LogP contribution in [0, 0.1) is 0 Å². The van der Waals surface area contributed by atoms with Gasteiger partial charge in [0.05, 0.1) is 12.2 Å². The normalized spacial score (nSPS) is 19.6. The largest absolute Gasteiger partial charge is 0.384 e. The van der Waals surface area contributed by atoms with Gasteiger partial charge in [-0.2, -0.15) is 4.98 Å². The van der Waals surface area contributed by atoms with Crippen molar-refractivity contribution in [2.45, 2.75) is 12.3 Å². The molecule has 0 amide bonds. The SMILES string of the molecule is Nc1ccc(-c2nc(C3CCOC3)no2)cn1. The van der Waals surface area contributed by atoms with E-state index in [9.17, 15) is 0 Å². The van der Waals surface area contributed by atoms with E-state index in [0.29, 0.717) is 24.1 Å². The molecule has 3 rings (SSSR count). The van der Waals surface area contributed by atoms with Gasteiger partial charge in [0.25, 0.3) is 5.89 Å². The van der Waals surface area contributed by atoms with Gasteiger partial charge < -0.3 is 15.0 Å². The van der Waals surface area contributed by atoms with Gasteiger partial charge in [-0.3, -0.25) is 0 Å². The van der Waals surface area contributed by atoms with Crippen LogP contribution in [0.1, 0.15) is 18.2 Å². The maximum absolute atomic E-state index is 5.52. The number of hydrogen-bond donors (Lipinski definition) is 1. The van der Waals surface area contributed by atoms with E-state index in [2.05, 4.69) is 15.1 Å². The van der Waals surface area contributed by atoms with Gasteiger partial charge in [-0.25, -0.2) is 4.98 Å². The lowest BCUT2D eigenvalue weighted by molar-refractivity contribution is 0.192. The smallest absolute Gasteiger partial charge is 0.259 e. The van der Waals surface area contributed by atoms with Gasteiger partial charge in [-0.1, -0.05) is 5.16 Å². The Morgan fingerprint density at radius 1 is 1.35 bits per heavy atom. The van der Waals surface area contributed by atoms with Crippen molar-refractivity contribution in [2.75, 3.05) is 18.9 Å². The summed E-state index contributed by atoms with van der Waals surface area (Å²) in [5, 5.41) is 3.97. The lowest BCUT2D eigenvalue weighted by Crippen LogP contribution is -1.99. The second-order valence-electron chi connectivity index (χ2n) is 3.99. The highest BCUT2D eigenvalue weighted by Gasteiger charge is 2.23. The van der Waals surface area contributed by atoms with Gasteiger partial charge in [0.1, 0.15) is 5.82 Å². The number of ether oxygens (including phenoxy) is 1. The summed E-state index contributed by atoms with van der Waals surface area (Å²) in [4.78, 5) is 8.34. The number of aromatic nitrogens is 3. The second kappa shape index (κ2) is 4.14.